The molecule has 0 radical (unpaired) electrons. The Morgan fingerprint density at radius 3 is 2.75 bits per heavy atom. The van der Waals surface area contributed by atoms with Crippen LogP contribution in [0.25, 0.3) is 0 Å². The van der Waals surface area contributed by atoms with Gasteiger partial charge in [0.1, 0.15) is 5.71 Å². The number of hydrogen-bond acceptors (Lipinski definition) is 4. The summed E-state index contributed by atoms with van der Waals surface area (Å²) in [4.78, 5) is 36.3. The van der Waals surface area contributed by atoms with Gasteiger partial charge in [0, 0.05) is 32.5 Å². The first-order valence-corrected chi connectivity index (χ1v) is 6.86. The Morgan fingerprint density at radius 2 is 2.10 bits per heavy atom. The summed E-state index contributed by atoms with van der Waals surface area (Å²) in [5, 5.41) is 14.1. The van der Waals surface area contributed by atoms with Gasteiger partial charge in [-0.3, -0.25) is 14.4 Å². The van der Waals surface area contributed by atoms with Gasteiger partial charge in [-0.2, -0.15) is 5.10 Å². The van der Waals surface area contributed by atoms with E-state index >= 15 is 0 Å². The van der Waals surface area contributed by atoms with Gasteiger partial charge in [0.05, 0.1) is 6.42 Å². The summed E-state index contributed by atoms with van der Waals surface area (Å²) in [5.41, 5.74) is 0.351. The molecule has 0 bridgehead atoms. The summed E-state index contributed by atoms with van der Waals surface area (Å²) in [6, 6.07) is -0.264. The van der Waals surface area contributed by atoms with E-state index in [1.807, 2.05) is 0 Å². The van der Waals surface area contributed by atoms with Gasteiger partial charge >= 0.3 is 5.97 Å². The number of carboxylic acid groups (broad SMARTS) is 1. The van der Waals surface area contributed by atoms with Gasteiger partial charge in [-0.25, -0.2) is 5.01 Å². The highest BCUT2D eigenvalue weighted by molar-refractivity contribution is 6.39. The molecule has 1 fully saturated rings. The summed E-state index contributed by atoms with van der Waals surface area (Å²) >= 11 is 0. The highest BCUT2D eigenvalue weighted by atomic mass is 16.4. The fourth-order valence-electron chi connectivity index (χ4n) is 2.67. The molecule has 1 atom stereocenters. The molecule has 7 nitrogen and oxygen atoms in total. The second-order valence-corrected chi connectivity index (χ2v) is 5.21. The number of piperidine rings is 1. The predicted octanol–water partition coefficient (Wildman–Crippen LogP) is 0.450. The fourth-order valence-corrected chi connectivity index (χ4v) is 2.67. The number of hydrogen-bond donors (Lipinski definition) is 1. The van der Waals surface area contributed by atoms with Crippen molar-refractivity contribution in [1.82, 2.24) is 9.91 Å². The molecule has 0 aromatic carbocycles. The lowest BCUT2D eigenvalue weighted by Gasteiger charge is -2.35. The molecule has 2 aliphatic heterocycles. The lowest BCUT2D eigenvalue weighted by atomic mass is 9.98. The zero-order chi connectivity index (χ0) is 14.7. The van der Waals surface area contributed by atoms with E-state index in [2.05, 4.69) is 5.10 Å². The van der Waals surface area contributed by atoms with E-state index < -0.39 is 5.97 Å². The number of aliphatic carboxylic acids is 1. The number of carbonyl (C=O) groups excluding carboxylic acids is 2. The third kappa shape index (κ3) is 3.15. The van der Waals surface area contributed by atoms with Crippen LogP contribution < -0.4 is 0 Å². The molecule has 2 heterocycles. The zero-order valence-corrected chi connectivity index (χ0v) is 11.5. The van der Waals surface area contributed by atoms with Crippen LogP contribution in [0.1, 0.15) is 38.5 Å². The van der Waals surface area contributed by atoms with Crippen LogP contribution in [-0.4, -0.2) is 58.1 Å². The summed E-state index contributed by atoms with van der Waals surface area (Å²) in [5.74, 6) is -1.23. The fraction of sp³-hybridized carbons (Fsp3) is 0.692. The third-order valence-electron chi connectivity index (χ3n) is 3.75. The number of nitrogens with zero attached hydrogens (tertiary/aromatic N) is 3. The summed E-state index contributed by atoms with van der Waals surface area (Å²) < 4.78 is 0. The monoisotopic (exact) mass is 281 g/mol. The molecule has 2 aliphatic rings. The van der Waals surface area contributed by atoms with Crippen LogP contribution in [0.3, 0.4) is 0 Å². The highest BCUT2D eigenvalue weighted by Crippen LogP contribution is 2.21. The zero-order valence-electron chi connectivity index (χ0n) is 11.5. The molecule has 1 unspecified atom stereocenters. The van der Waals surface area contributed by atoms with E-state index in [1.54, 1.807) is 4.90 Å². The number of likely N-dealkylation sites (tertiary alicyclic amines) is 1. The maximum atomic E-state index is 12.5. The van der Waals surface area contributed by atoms with Crippen molar-refractivity contribution in [2.75, 3.05) is 13.6 Å². The molecule has 0 aromatic rings. The van der Waals surface area contributed by atoms with Gasteiger partial charge in [0.15, 0.2) is 0 Å². The second kappa shape index (κ2) is 6.02. The smallest absolute Gasteiger partial charge is 0.305 e. The lowest BCUT2D eigenvalue weighted by molar-refractivity contribution is -0.140. The Hall–Kier alpha value is -1.92. The second-order valence-electron chi connectivity index (χ2n) is 5.21. The largest absolute Gasteiger partial charge is 0.481 e. The molecular weight excluding hydrogens is 262 g/mol. The minimum atomic E-state index is -0.896. The van der Waals surface area contributed by atoms with Crippen LogP contribution in [0.4, 0.5) is 0 Å². The van der Waals surface area contributed by atoms with Gasteiger partial charge in [-0.05, 0) is 19.3 Å². The third-order valence-corrected chi connectivity index (χ3v) is 3.75. The minimum Gasteiger partial charge on any atom is -0.481 e. The number of hydrazone groups is 1. The van der Waals surface area contributed by atoms with Gasteiger partial charge in [0.2, 0.25) is 5.91 Å². The van der Waals surface area contributed by atoms with Gasteiger partial charge < -0.3 is 10.0 Å². The molecule has 2 rings (SSSR count). The molecule has 2 amide bonds. The molecule has 1 N–H and O–H groups in total. The Labute approximate surface area is 117 Å². The number of rotatable bonds is 3. The van der Waals surface area contributed by atoms with Crippen LogP contribution in [0.15, 0.2) is 5.10 Å². The van der Waals surface area contributed by atoms with E-state index in [0.717, 1.165) is 12.8 Å². The molecule has 0 aliphatic carbocycles. The maximum Gasteiger partial charge on any atom is 0.305 e. The molecule has 1 saturated heterocycles. The first-order chi connectivity index (χ1) is 9.49. The molecule has 0 spiro atoms. The molecule has 110 valence electrons. The summed E-state index contributed by atoms with van der Waals surface area (Å²) in [7, 11) is 1.53. The molecule has 0 aromatic heterocycles. The summed E-state index contributed by atoms with van der Waals surface area (Å²) in [6.07, 6.45) is 3.10. The van der Waals surface area contributed by atoms with E-state index in [9.17, 15) is 14.4 Å². The SMILES string of the molecule is CN1N=C(C(=O)N2CCCCC2CC(=O)O)CCC1=O. The first-order valence-electron chi connectivity index (χ1n) is 6.86. The topological polar surface area (TPSA) is 90.3 Å². The Morgan fingerprint density at radius 1 is 1.35 bits per heavy atom. The van der Waals surface area contributed by atoms with Crippen LogP contribution >= 0.6 is 0 Å². The van der Waals surface area contributed by atoms with E-state index in [4.69, 9.17) is 5.11 Å². The van der Waals surface area contributed by atoms with Crippen molar-refractivity contribution in [2.24, 2.45) is 5.10 Å². The van der Waals surface area contributed by atoms with Crippen molar-refractivity contribution in [3.63, 3.8) is 0 Å². The van der Waals surface area contributed by atoms with E-state index in [-0.39, 0.29) is 30.7 Å². The number of carbonyl (C=O) groups is 3. The van der Waals surface area contributed by atoms with Crippen LogP contribution in [0, 0.1) is 0 Å². The number of carboxylic acids is 1. The average Bonchev–Trinajstić information content (AvgIpc) is 2.41. The van der Waals surface area contributed by atoms with Crippen LogP contribution in [0.5, 0.6) is 0 Å². The van der Waals surface area contributed by atoms with Gasteiger partial charge in [-0.15, -0.1) is 0 Å². The molecule has 20 heavy (non-hydrogen) atoms. The normalized spacial score (nSPS) is 23.6. The Balaban J connectivity index is 2.11. The van der Waals surface area contributed by atoms with Crippen molar-refractivity contribution in [2.45, 2.75) is 44.6 Å². The van der Waals surface area contributed by atoms with Crippen molar-refractivity contribution in [3.05, 3.63) is 0 Å². The van der Waals surface area contributed by atoms with Crippen molar-refractivity contribution in [3.8, 4) is 0 Å². The van der Waals surface area contributed by atoms with Gasteiger partial charge in [-0.1, -0.05) is 0 Å². The van der Waals surface area contributed by atoms with E-state index in [1.165, 1.54) is 12.1 Å². The van der Waals surface area contributed by atoms with Crippen LogP contribution in [0.2, 0.25) is 0 Å². The van der Waals surface area contributed by atoms with Crippen molar-refractivity contribution >= 4 is 23.5 Å². The highest BCUT2D eigenvalue weighted by Gasteiger charge is 2.32. The predicted molar refractivity (Wildman–Crippen MR) is 71.0 cm³/mol. The quantitative estimate of drug-likeness (QED) is 0.813. The minimum absolute atomic E-state index is 0.0339. The lowest BCUT2D eigenvalue weighted by Crippen LogP contribution is -2.49. The first kappa shape index (κ1) is 14.5. The van der Waals surface area contributed by atoms with Gasteiger partial charge in [0.25, 0.3) is 5.91 Å². The van der Waals surface area contributed by atoms with Crippen molar-refractivity contribution in [1.29, 1.82) is 0 Å². The maximum absolute atomic E-state index is 12.5. The summed E-state index contributed by atoms with van der Waals surface area (Å²) in [6.45, 7) is 0.563. The molecular formula is C13H19N3O4. The Kier molecular flexibility index (Phi) is 4.36. The molecule has 7 heteroatoms. The Bertz CT molecular complexity index is 461. The number of amides is 2. The van der Waals surface area contributed by atoms with Crippen LogP contribution in [-0.2, 0) is 14.4 Å². The average molecular weight is 281 g/mol. The standard InChI is InChI=1S/C13H19N3O4/c1-15-11(17)6-5-10(14-15)13(20)16-7-3-2-4-9(16)8-12(18)19/h9H,2-8H2,1H3,(H,18,19). The van der Waals surface area contributed by atoms with Crippen molar-refractivity contribution < 1.29 is 19.5 Å². The molecule has 0 saturated carbocycles. The van der Waals surface area contributed by atoms with E-state index in [0.29, 0.717) is 25.1 Å².